The van der Waals surface area contributed by atoms with Crippen LogP contribution in [0.1, 0.15) is 15.9 Å². The number of fused-ring (bicyclic) bond motifs is 1. The first kappa shape index (κ1) is 6.46. The van der Waals surface area contributed by atoms with E-state index in [1.54, 1.807) is 0 Å². The minimum Gasteiger partial charge on any atom is -0.476 e. The molecule has 1 aliphatic rings. The maximum atomic E-state index is 10.6. The molecule has 0 unspecified atom stereocenters. The number of rotatable bonds is 1. The first-order valence-corrected chi connectivity index (χ1v) is 3.60. The second-order valence-corrected chi connectivity index (χ2v) is 2.69. The monoisotopic (exact) mass is 151 g/mol. The minimum absolute atomic E-state index is 0.691. The van der Waals surface area contributed by atoms with Crippen LogP contribution in [0.4, 0.5) is 0 Å². The molecular formula is C8H9NO2. The Morgan fingerprint density at radius 1 is 1.73 bits per heavy atom. The lowest BCUT2D eigenvalue weighted by molar-refractivity contribution is 0.112. The van der Waals surface area contributed by atoms with Gasteiger partial charge < -0.3 is 9.30 Å². The van der Waals surface area contributed by atoms with Crippen molar-refractivity contribution in [1.29, 1.82) is 0 Å². The standard InChI is InChI=1S/C8H9NO2/c1-6-4-9-2-3-11-8(9)7(6)5-10/h4-5H,2-3H2,1H3. The SMILES string of the molecule is Cc1cn2c(c1C=O)OCC2. The maximum Gasteiger partial charge on any atom is 0.204 e. The van der Waals surface area contributed by atoms with Gasteiger partial charge in [-0.1, -0.05) is 0 Å². The molecule has 0 aliphatic carbocycles. The summed E-state index contributed by atoms with van der Waals surface area (Å²) in [4.78, 5) is 10.6. The second-order valence-electron chi connectivity index (χ2n) is 2.69. The van der Waals surface area contributed by atoms with Crippen LogP contribution in [0, 0.1) is 6.92 Å². The highest BCUT2D eigenvalue weighted by Crippen LogP contribution is 2.26. The molecule has 2 heterocycles. The minimum atomic E-state index is 0.691. The molecule has 11 heavy (non-hydrogen) atoms. The molecule has 2 rings (SSSR count). The zero-order valence-corrected chi connectivity index (χ0v) is 6.33. The summed E-state index contributed by atoms with van der Waals surface area (Å²) in [6, 6.07) is 0. The summed E-state index contributed by atoms with van der Waals surface area (Å²) in [5, 5.41) is 0. The Bertz CT molecular complexity index is 301. The van der Waals surface area contributed by atoms with Crippen molar-refractivity contribution in [3.8, 4) is 5.88 Å². The normalized spacial score (nSPS) is 14.3. The van der Waals surface area contributed by atoms with Crippen molar-refractivity contribution in [2.24, 2.45) is 0 Å². The van der Waals surface area contributed by atoms with Gasteiger partial charge in [0.2, 0.25) is 5.88 Å². The third kappa shape index (κ3) is 0.770. The van der Waals surface area contributed by atoms with Gasteiger partial charge in [0.15, 0.2) is 6.29 Å². The molecule has 0 saturated heterocycles. The average molecular weight is 151 g/mol. The highest BCUT2D eigenvalue weighted by Gasteiger charge is 2.18. The molecule has 3 heteroatoms. The van der Waals surface area contributed by atoms with Gasteiger partial charge in [-0.2, -0.15) is 0 Å². The molecule has 0 N–H and O–H groups in total. The van der Waals surface area contributed by atoms with Crippen LogP contribution in [0.2, 0.25) is 0 Å². The smallest absolute Gasteiger partial charge is 0.204 e. The predicted molar refractivity (Wildman–Crippen MR) is 40.1 cm³/mol. The van der Waals surface area contributed by atoms with Gasteiger partial charge in [0.25, 0.3) is 0 Å². The highest BCUT2D eigenvalue weighted by molar-refractivity contribution is 5.81. The van der Waals surface area contributed by atoms with E-state index in [2.05, 4.69) is 0 Å². The molecular weight excluding hydrogens is 142 g/mol. The summed E-state index contributed by atoms with van der Waals surface area (Å²) < 4.78 is 7.24. The third-order valence-electron chi connectivity index (χ3n) is 1.95. The zero-order valence-electron chi connectivity index (χ0n) is 6.33. The Balaban J connectivity index is 2.60. The van der Waals surface area contributed by atoms with E-state index in [-0.39, 0.29) is 0 Å². The maximum absolute atomic E-state index is 10.6. The van der Waals surface area contributed by atoms with E-state index < -0.39 is 0 Å². The van der Waals surface area contributed by atoms with Gasteiger partial charge in [-0.05, 0) is 12.5 Å². The molecule has 0 fully saturated rings. The Labute approximate surface area is 64.6 Å². The van der Waals surface area contributed by atoms with Crippen molar-refractivity contribution in [2.45, 2.75) is 13.5 Å². The Kier molecular flexibility index (Phi) is 1.24. The molecule has 0 spiro atoms. The van der Waals surface area contributed by atoms with Gasteiger partial charge in [0.1, 0.15) is 6.61 Å². The number of aryl methyl sites for hydroxylation is 1. The van der Waals surface area contributed by atoms with Crippen LogP contribution >= 0.6 is 0 Å². The summed E-state index contributed by atoms with van der Waals surface area (Å²) in [6.07, 6.45) is 2.80. The molecule has 0 saturated carbocycles. The van der Waals surface area contributed by atoms with E-state index in [0.29, 0.717) is 12.2 Å². The van der Waals surface area contributed by atoms with E-state index in [4.69, 9.17) is 4.74 Å². The third-order valence-corrected chi connectivity index (χ3v) is 1.95. The number of carbonyl (C=O) groups excluding carboxylic acids is 1. The van der Waals surface area contributed by atoms with Crippen molar-refractivity contribution in [1.82, 2.24) is 4.57 Å². The lowest BCUT2D eigenvalue weighted by Gasteiger charge is -1.93. The van der Waals surface area contributed by atoms with Crippen LogP contribution in [0.25, 0.3) is 0 Å². The van der Waals surface area contributed by atoms with Gasteiger partial charge in [0, 0.05) is 6.20 Å². The molecule has 1 aliphatic heterocycles. The molecule has 3 nitrogen and oxygen atoms in total. The topological polar surface area (TPSA) is 31.2 Å². The van der Waals surface area contributed by atoms with Gasteiger partial charge in [-0.3, -0.25) is 4.79 Å². The number of nitrogens with zero attached hydrogens (tertiary/aromatic N) is 1. The molecule has 58 valence electrons. The van der Waals surface area contributed by atoms with Crippen molar-refractivity contribution in [3.63, 3.8) is 0 Å². The summed E-state index contributed by atoms with van der Waals surface area (Å²) in [6.45, 7) is 3.47. The number of aldehydes is 1. The fourth-order valence-electron chi connectivity index (χ4n) is 1.40. The fraction of sp³-hybridized carbons (Fsp3) is 0.375. The Morgan fingerprint density at radius 3 is 3.27 bits per heavy atom. The van der Waals surface area contributed by atoms with Gasteiger partial charge in [0.05, 0.1) is 12.1 Å². The zero-order chi connectivity index (χ0) is 7.84. The van der Waals surface area contributed by atoms with E-state index in [0.717, 1.165) is 24.3 Å². The van der Waals surface area contributed by atoms with Crippen molar-refractivity contribution in [3.05, 3.63) is 17.3 Å². The van der Waals surface area contributed by atoms with Gasteiger partial charge in [-0.25, -0.2) is 0 Å². The Hall–Kier alpha value is -1.25. The summed E-state index contributed by atoms with van der Waals surface area (Å²) in [5.41, 5.74) is 1.69. The fourth-order valence-corrected chi connectivity index (χ4v) is 1.40. The van der Waals surface area contributed by atoms with Crippen LogP contribution in [-0.4, -0.2) is 17.5 Å². The summed E-state index contributed by atoms with van der Waals surface area (Å²) >= 11 is 0. The highest BCUT2D eigenvalue weighted by atomic mass is 16.5. The van der Waals surface area contributed by atoms with E-state index in [1.807, 2.05) is 17.7 Å². The van der Waals surface area contributed by atoms with Crippen molar-refractivity contribution >= 4 is 6.29 Å². The number of aromatic nitrogens is 1. The number of hydrogen-bond acceptors (Lipinski definition) is 2. The summed E-state index contributed by atoms with van der Waals surface area (Å²) in [5.74, 6) is 0.734. The lowest BCUT2D eigenvalue weighted by Crippen LogP contribution is -1.92. The van der Waals surface area contributed by atoms with Crippen LogP contribution in [0.3, 0.4) is 0 Å². The number of hydrogen-bond donors (Lipinski definition) is 0. The first-order chi connectivity index (χ1) is 5.33. The number of ether oxygens (including phenoxy) is 1. The van der Waals surface area contributed by atoms with Gasteiger partial charge in [-0.15, -0.1) is 0 Å². The predicted octanol–water partition coefficient (Wildman–Crippen LogP) is 1.00. The van der Waals surface area contributed by atoms with E-state index in [1.165, 1.54) is 0 Å². The van der Waals surface area contributed by atoms with E-state index in [9.17, 15) is 4.79 Å². The molecule has 0 bridgehead atoms. The van der Waals surface area contributed by atoms with Crippen LogP contribution < -0.4 is 4.74 Å². The molecule has 0 radical (unpaired) electrons. The van der Waals surface area contributed by atoms with E-state index >= 15 is 0 Å². The quantitative estimate of drug-likeness (QED) is 0.561. The average Bonchev–Trinajstić information content (AvgIpc) is 2.46. The van der Waals surface area contributed by atoms with Crippen molar-refractivity contribution in [2.75, 3.05) is 6.61 Å². The number of carbonyl (C=O) groups is 1. The van der Waals surface area contributed by atoms with Crippen LogP contribution in [0.5, 0.6) is 5.88 Å². The first-order valence-electron chi connectivity index (χ1n) is 3.60. The molecule has 0 amide bonds. The van der Waals surface area contributed by atoms with Gasteiger partial charge >= 0.3 is 0 Å². The largest absolute Gasteiger partial charge is 0.476 e. The Morgan fingerprint density at radius 2 is 2.55 bits per heavy atom. The van der Waals surface area contributed by atoms with Crippen molar-refractivity contribution < 1.29 is 9.53 Å². The van der Waals surface area contributed by atoms with Crippen LogP contribution in [-0.2, 0) is 6.54 Å². The second kappa shape index (κ2) is 2.12. The molecule has 0 aromatic carbocycles. The molecule has 1 aromatic heterocycles. The molecule has 0 atom stereocenters. The van der Waals surface area contributed by atoms with Crippen LogP contribution in [0.15, 0.2) is 6.20 Å². The molecule has 1 aromatic rings. The lowest BCUT2D eigenvalue weighted by atomic mass is 10.2. The summed E-state index contributed by atoms with van der Waals surface area (Å²) in [7, 11) is 0.